The molecule has 5 atom stereocenters. The summed E-state index contributed by atoms with van der Waals surface area (Å²) in [5, 5.41) is 0. The summed E-state index contributed by atoms with van der Waals surface area (Å²) in [6, 6.07) is 0. The standard InChI is InChI=1S/C11H20O/c1-7-4-5-9(7)11(12-3)10-6-8(10)2/h7-11H,4-6H2,1-3H3. The van der Waals surface area contributed by atoms with Gasteiger partial charge >= 0.3 is 0 Å². The summed E-state index contributed by atoms with van der Waals surface area (Å²) in [5.74, 6) is 3.62. The van der Waals surface area contributed by atoms with E-state index >= 15 is 0 Å². The first-order valence-corrected chi connectivity index (χ1v) is 5.26. The van der Waals surface area contributed by atoms with E-state index in [1.54, 1.807) is 0 Å². The van der Waals surface area contributed by atoms with Crippen molar-refractivity contribution in [3.8, 4) is 0 Å². The second-order valence-electron chi connectivity index (χ2n) is 4.80. The summed E-state index contributed by atoms with van der Waals surface area (Å²) >= 11 is 0. The third kappa shape index (κ3) is 1.28. The van der Waals surface area contributed by atoms with Crippen LogP contribution in [0.4, 0.5) is 0 Å². The Hall–Kier alpha value is -0.0400. The zero-order valence-electron chi connectivity index (χ0n) is 8.42. The molecule has 0 amide bonds. The Bertz CT molecular complexity index is 166. The van der Waals surface area contributed by atoms with Crippen molar-refractivity contribution in [2.75, 3.05) is 7.11 Å². The van der Waals surface area contributed by atoms with Crippen LogP contribution in [0.5, 0.6) is 0 Å². The van der Waals surface area contributed by atoms with Gasteiger partial charge in [-0.3, -0.25) is 0 Å². The summed E-state index contributed by atoms with van der Waals surface area (Å²) in [6.45, 7) is 4.72. The second kappa shape index (κ2) is 3.02. The van der Waals surface area contributed by atoms with Crippen molar-refractivity contribution in [1.29, 1.82) is 0 Å². The van der Waals surface area contributed by atoms with Crippen LogP contribution >= 0.6 is 0 Å². The van der Waals surface area contributed by atoms with Crippen LogP contribution in [0.2, 0.25) is 0 Å². The minimum atomic E-state index is 0.587. The lowest BCUT2D eigenvalue weighted by atomic mass is 9.70. The predicted molar refractivity (Wildman–Crippen MR) is 50.0 cm³/mol. The van der Waals surface area contributed by atoms with Gasteiger partial charge in [-0.1, -0.05) is 13.8 Å². The van der Waals surface area contributed by atoms with Gasteiger partial charge in [-0.25, -0.2) is 0 Å². The van der Waals surface area contributed by atoms with Crippen LogP contribution in [-0.2, 0) is 4.74 Å². The Kier molecular flexibility index (Phi) is 2.16. The zero-order valence-corrected chi connectivity index (χ0v) is 8.42. The van der Waals surface area contributed by atoms with E-state index in [9.17, 15) is 0 Å². The van der Waals surface area contributed by atoms with E-state index in [-0.39, 0.29) is 0 Å². The van der Waals surface area contributed by atoms with Crippen LogP contribution in [-0.4, -0.2) is 13.2 Å². The monoisotopic (exact) mass is 168 g/mol. The van der Waals surface area contributed by atoms with Crippen molar-refractivity contribution in [2.45, 2.75) is 39.2 Å². The quantitative estimate of drug-likeness (QED) is 0.629. The Labute approximate surface area is 75.5 Å². The first-order chi connectivity index (χ1) is 5.74. The van der Waals surface area contributed by atoms with Crippen LogP contribution in [0.25, 0.3) is 0 Å². The van der Waals surface area contributed by atoms with Gasteiger partial charge in [0.25, 0.3) is 0 Å². The summed E-state index contributed by atoms with van der Waals surface area (Å²) in [7, 11) is 1.89. The minimum absolute atomic E-state index is 0.587. The van der Waals surface area contributed by atoms with E-state index < -0.39 is 0 Å². The normalized spacial score (nSPS) is 48.2. The lowest BCUT2D eigenvalue weighted by Gasteiger charge is -2.39. The number of hydrogen-bond donors (Lipinski definition) is 0. The average Bonchev–Trinajstić information content (AvgIpc) is 2.75. The summed E-state index contributed by atoms with van der Waals surface area (Å²) in [5.41, 5.74) is 0. The van der Waals surface area contributed by atoms with Gasteiger partial charge in [0.05, 0.1) is 6.10 Å². The predicted octanol–water partition coefficient (Wildman–Crippen LogP) is 2.70. The fraction of sp³-hybridized carbons (Fsp3) is 1.00. The molecule has 0 aromatic carbocycles. The molecule has 70 valence electrons. The molecule has 2 aliphatic rings. The molecule has 0 N–H and O–H groups in total. The fourth-order valence-electron chi connectivity index (χ4n) is 2.66. The van der Waals surface area contributed by atoms with E-state index in [4.69, 9.17) is 4.74 Å². The van der Waals surface area contributed by atoms with Crippen molar-refractivity contribution >= 4 is 0 Å². The van der Waals surface area contributed by atoms with Gasteiger partial charge in [-0.15, -0.1) is 0 Å². The molecule has 12 heavy (non-hydrogen) atoms. The minimum Gasteiger partial charge on any atom is -0.381 e. The number of ether oxygens (including phenoxy) is 1. The Morgan fingerprint density at radius 3 is 2.00 bits per heavy atom. The highest BCUT2D eigenvalue weighted by molar-refractivity contribution is 4.96. The summed E-state index contributed by atoms with van der Waals surface area (Å²) in [6.07, 6.45) is 4.82. The third-order valence-corrected chi connectivity index (χ3v) is 3.97. The van der Waals surface area contributed by atoms with E-state index in [1.165, 1.54) is 19.3 Å². The first-order valence-electron chi connectivity index (χ1n) is 5.26. The van der Waals surface area contributed by atoms with E-state index in [0.717, 1.165) is 23.7 Å². The van der Waals surface area contributed by atoms with E-state index in [0.29, 0.717) is 6.10 Å². The van der Waals surface area contributed by atoms with Gasteiger partial charge in [-0.05, 0) is 42.9 Å². The first kappa shape index (κ1) is 8.55. The topological polar surface area (TPSA) is 9.23 Å². The van der Waals surface area contributed by atoms with E-state index in [1.807, 2.05) is 7.11 Å². The van der Waals surface area contributed by atoms with Gasteiger partial charge in [-0.2, -0.15) is 0 Å². The SMILES string of the molecule is COC(C1CCC1C)C1CC1C. The van der Waals surface area contributed by atoms with Crippen molar-refractivity contribution in [3.05, 3.63) is 0 Å². The lowest BCUT2D eigenvalue weighted by molar-refractivity contribution is -0.0283. The van der Waals surface area contributed by atoms with Gasteiger partial charge in [0.2, 0.25) is 0 Å². The third-order valence-electron chi connectivity index (χ3n) is 3.97. The van der Waals surface area contributed by atoms with Gasteiger partial charge < -0.3 is 4.74 Å². The second-order valence-corrected chi connectivity index (χ2v) is 4.80. The average molecular weight is 168 g/mol. The molecule has 2 fully saturated rings. The van der Waals surface area contributed by atoms with Gasteiger partial charge in [0.15, 0.2) is 0 Å². The van der Waals surface area contributed by atoms with Crippen LogP contribution in [0, 0.1) is 23.7 Å². The molecule has 2 rings (SSSR count). The molecule has 1 nitrogen and oxygen atoms in total. The van der Waals surface area contributed by atoms with Gasteiger partial charge in [0, 0.05) is 7.11 Å². The maximum atomic E-state index is 5.62. The number of methoxy groups -OCH3 is 1. The molecule has 0 spiro atoms. The van der Waals surface area contributed by atoms with Crippen LogP contribution in [0.3, 0.4) is 0 Å². The van der Waals surface area contributed by atoms with Crippen molar-refractivity contribution in [2.24, 2.45) is 23.7 Å². The van der Waals surface area contributed by atoms with Crippen LogP contribution in [0.1, 0.15) is 33.1 Å². The lowest BCUT2D eigenvalue weighted by Crippen LogP contribution is -2.37. The fourth-order valence-corrected chi connectivity index (χ4v) is 2.66. The van der Waals surface area contributed by atoms with Gasteiger partial charge in [0.1, 0.15) is 0 Å². The molecule has 5 unspecified atom stereocenters. The smallest absolute Gasteiger partial charge is 0.0632 e. The molecule has 2 aliphatic carbocycles. The summed E-state index contributed by atoms with van der Waals surface area (Å²) < 4.78 is 5.62. The molecule has 0 bridgehead atoms. The maximum absolute atomic E-state index is 5.62. The highest BCUT2D eigenvalue weighted by atomic mass is 16.5. The largest absolute Gasteiger partial charge is 0.381 e. The molecule has 0 saturated heterocycles. The van der Waals surface area contributed by atoms with Crippen LogP contribution < -0.4 is 0 Å². The molecular weight excluding hydrogens is 148 g/mol. The van der Waals surface area contributed by atoms with Crippen LogP contribution in [0.15, 0.2) is 0 Å². The molecule has 0 aromatic heterocycles. The highest BCUT2D eigenvalue weighted by Gasteiger charge is 2.46. The zero-order chi connectivity index (χ0) is 8.72. The molecule has 2 saturated carbocycles. The Morgan fingerprint density at radius 2 is 1.75 bits per heavy atom. The molecule has 0 aromatic rings. The number of rotatable bonds is 3. The maximum Gasteiger partial charge on any atom is 0.0632 e. The van der Waals surface area contributed by atoms with Crippen molar-refractivity contribution in [3.63, 3.8) is 0 Å². The molecule has 0 heterocycles. The molecule has 0 radical (unpaired) electrons. The van der Waals surface area contributed by atoms with Crippen molar-refractivity contribution in [1.82, 2.24) is 0 Å². The highest BCUT2D eigenvalue weighted by Crippen LogP contribution is 2.49. The van der Waals surface area contributed by atoms with Crippen molar-refractivity contribution < 1.29 is 4.74 Å². The molecular formula is C11H20O. The molecule has 0 aliphatic heterocycles. The summed E-state index contributed by atoms with van der Waals surface area (Å²) in [4.78, 5) is 0. The molecule has 1 heteroatoms. The number of hydrogen-bond acceptors (Lipinski definition) is 1. The Balaban J connectivity index is 1.90. The van der Waals surface area contributed by atoms with E-state index in [2.05, 4.69) is 13.8 Å². The Morgan fingerprint density at radius 1 is 1.08 bits per heavy atom.